The van der Waals surface area contributed by atoms with E-state index in [1.54, 1.807) is 43.5 Å². The fourth-order valence-electron chi connectivity index (χ4n) is 7.73. The number of nitrogens with zero attached hydrogens (tertiary/aromatic N) is 5. The lowest BCUT2D eigenvalue weighted by molar-refractivity contribution is -0.137. The summed E-state index contributed by atoms with van der Waals surface area (Å²) in [6.07, 6.45) is 3.04. The van der Waals surface area contributed by atoms with E-state index in [9.17, 15) is 24.4 Å². The van der Waals surface area contributed by atoms with Crippen molar-refractivity contribution in [2.45, 2.75) is 38.3 Å². The van der Waals surface area contributed by atoms with Crippen LogP contribution in [-0.2, 0) is 25.7 Å². The minimum atomic E-state index is -0.670. The molecule has 1 aromatic heterocycles. The molecular formula is C43H46Cl2N8O8. The molecule has 1 atom stereocenters. The maximum Gasteiger partial charge on any atom is 0.255 e. The van der Waals surface area contributed by atoms with Gasteiger partial charge in [-0.15, -0.1) is 0 Å². The van der Waals surface area contributed by atoms with Gasteiger partial charge in [-0.2, -0.15) is 5.26 Å². The van der Waals surface area contributed by atoms with E-state index in [0.29, 0.717) is 107 Å². The lowest BCUT2D eigenvalue weighted by Gasteiger charge is -2.34. The van der Waals surface area contributed by atoms with E-state index in [2.05, 4.69) is 31.9 Å². The van der Waals surface area contributed by atoms with Crippen LogP contribution in [0.15, 0.2) is 48.7 Å². The second-order valence-electron chi connectivity index (χ2n) is 14.7. The summed E-state index contributed by atoms with van der Waals surface area (Å²) in [7, 11) is 3.06. The summed E-state index contributed by atoms with van der Waals surface area (Å²) in [5.41, 5.74) is 4.04. The minimum absolute atomic E-state index is 0.0529. The molecule has 3 N–H and O–H groups in total. The highest BCUT2D eigenvalue weighted by molar-refractivity contribution is 6.37. The lowest BCUT2D eigenvalue weighted by Crippen LogP contribution is -2.52. The molecule has 0 aliphatic carbocycles. The van der Waals surface area contributed by atoms with Crippen LogP contribution >= 0.6 is 23.2 Å². The first-order valence-corrected chi connectivity index (χ1v) is 20.8. The Morgan fingerprint density at radius 2 is 1.77 bits per heavy atom. The van der Waals surface area contributed by atoms with E-state index in [0.717, 1.165) is 37.3 Å². The quantitative estimate of drug-likeness (QED) is 0.0910. The molecule has 0 saturated carbocycles. The molecule has 3 aliphatic heterocycles. The molecule has 7 rings (SSSR count). The van der Waals surface area contributed by atoms with E-state index < -0.39 is 11.9 Å². The molecule has 4 heterocycles. The third-order valence-electron chi connectivity index (χ3n) is 11.0. The second-order valence-corrected chi connectivity index (χ2v) is 15.5. The van der Waals surface area contributed by atoms with Crippen molar-refractivity contribution < 1.29 is 38.1 Å². The van der Waals surface area contributed by atoms with Crippen molar-refractivity contribution in [2.24, 2.45) is 0 Å². The predicted molar refractivity (Wildman–Crippen MR) is 229 cm³/mol. The SMILES string of the molecule is COc1cc(Nc2c(C#N)cnc3cc(OCCCN4CCN(C(=O)CCOCCNc5cccc6c5CN(C5CCC(=O)NC5=O)C6=O)CC4)c(OC)cc23)c(Cl)cc1Cl. The maximum atomic E-state index is 13.1. The lowest BCUT2D eigenvalue weighted by atomic mass is 10.0. The number of piperidine rings is 1. The highest BCUT2D eigenvalue weighted by Crippen LogP contribution is 2.40. The van der Waals surface area contributed by atoms with Gasteiger partial charge in [0.2, 0.25) is 17.7 Å². The highest BCUT2D eigenvalue weighted by Gasteiger charge is 2.40. The smallest absolute Gasteiger partial charge is 0.255 e. The Morgan fingerprint density at radius 3 is 2.52 bits per heavy atom. The van der Waals surface area contributed by atoms with Gasteiger partial charge in [0.25, 0.3) is 5.91 Å². The number of pyridine rings is 1. The molecule has 3 aromatic carbocycles. The Labute approximate surface area is 362 Å². The first-order valence-electron chi connectivity index (χ1n) is 20.0. The topological polar surface area (TPSA) is 188 Å². The number of methoxy groups -OCH3 is 2. The van der Waals surface area contributed by atoms with Crippen LogP contribution in [0.3, 0.4) is 0 Å². The molecule has 0 spiro atoms. The zero-order valence-electron chi connectivity index (χ0n) is 33.9. The van der Waals surface area contributed by atoms with Crippen LogP contribution in [-0.4, -0.2) is 123 Å². The van der Waals surface area contributed by atoms with Crippen LogP contribution in [0.5, 0.6) is 17.2 Å². The van der Waals surface area contributed by atoms with Crippen LogP contribution < -0.4 is 30.2 Å². The maximum absolute atomic E-state index is 13.1. The first kappa shape index (κ1) is 43.2. The highest BCUT2D eigenvalue weighted by atomic mass is 35.5. The number of anilines is 3. The Bertz CT molecular complexity index is 2370. The monoisotopic (exact) mass is 872 g/mol. The van der Waals surface area contributed by atoms with Crippen LogP contribution in [0.4, 0.5) is 17.1 Å². The molecule has 18 heteroatoms. The molecule has 0 radical (unpaired) electrons. The number of fused-ring (bicyclic) bond motifs is 2. The van der Waals surface area contributed by atoms with Crippen molar-refractivity contribution in [1.82, 2.24) is 25.0 Å². The number of nitriles is 1. The Hall–Kier alpha value is -5.86. The van der Waals surface area contributed by atoms with E-state index >= 15 is 0 Å². The Balaban J connectivity index is 0.816. The normalized spacial score (nSPS) is 16.6. The molecule has 16 nitrogen and oxygen atoms in total. The van der Waals surface area contributed by atoms with Crippen molar-refractivity contribution in [3.63, 3.8) is 0 Å². The number of halogens is 2. The number of hydrogen-bond donors (Lipinski definition) is 3. The zero-order valence-corrected chi connectivity index (χ0v) is 35.4. The number of hydrogen-bond acceptors (Lipinski definition) is 13. The number of rotatable bonds is 17. The summed E-state index contributed by atoms with van der Waals surface area (Å²) in [6, 6.07) is 13.7. The number of carbonyl (C=O) groups is 4. The fraction of sp³-hybridized carbons (Fsp3) is 0.395. The van der Waals surface area contributed by atoms with Crippen molar-refractivity contribution in [3.05, 3.63) is 75.4 Å². The number of aromatic nitrogens is 1. The number of amides is 4. The van der Waals surface area contributed by atoms with Crippen LogP contribution in [0.1, 0.15) is 47.2 Å². The van der Waals surface area contributed by atoms with Crippen LogP contribution in [0.25, 0.3) is 10.9 Å². The molecule has 4 amide bonds. The van der Waals surface area contributed by atoms with Crippen molar-refractivity contribution in [2.75, 3.05) is 83.9 Å². The fourth-order valence-corrected chi connectivity index (χ4v) is 8.24. The summed E-state index contributed by atoms with van der Waals surface area (Å²) in [5, 5.41) is 20.1. The van der Waals surface area contributed by atoms with Gasteiger partial charge < -0.3 is 39.4 Å². The summed E-state index contributed by atoms with van der Waals surface area (Å²) in [6.45, 7) is 5.43. The number of piperazine rings is 1. The molecule has 61 heavy (non-hydrogen) atoms. The Kier molecular flexibility index (Phi) is 13.9. The van der Waals surface area contributed by atoms with Gasteiger partial charge in [-0.25, -0.2) is 0 Å². The zero-order chi connectivity index (χ0) is 43.0. The summed E-state index contributed by atoms with van der Waals surface area (Å²) in [5.74, 6) is 0.506. The average molecular weight is 874 g/mol. The van der Waals surface area contributed by atoms with Crippen molar-refractivity contribution in [1.29, 1.82) is 5.26 Å². The largest absolute Gasteiger partial charge is 0.495 e. The number of carbonyl (C=O) groups excluding carboxylic acids is 4. The molecule has 4 aromatic rings. The van der Waals surface area contributed by atoms with Crippen LogP contribution in [0, 0.1) is 11.3 Å². The van der Waals surface area contributed by atoms with Gasteiger partial charge in [-0.1, -0.05) is 29.3 Å². The summed E-state index contributed by atoms with van der Waals surface area (Å²) >= 11 is 12.7. The molecular weight excluding hydrogens is 827 g/mol. The molecule has 320 valence electrons. The van der Waals surface area contributed by atoms with Crippen molar-refractivity contribution in [3.8, 4) is 23.3 Å². The summed E-state index contributed by atoms with van der Waals surface area (Å²) in [4.78, 5) is 60.3. The molecule has 2 fully saturated rings. The predicted octanol–water partition coefficient (Wildman–Crippen LogP) is 5.37. The van der Waals surface area contributed by atoms with Gasteiger partial charge in [-0.3, -0.25) is 34.4 Å². The second kappa shape index (κ2) is 19.7. The van der Waals surface area contributed by atoms with E-state index in [1.807, 2.05) is 11.0 Å². The van der Waals surface area contributed by atoms with Gasteiger partial charge in [0.1, 0.15) is 17.9 Å². The van der Waals surface area contributed by atoms with Gasteiger partial charge in [0.05, 0.1) is 73.0 Å². The molecule has 3 aliphatic rings. The van der Waals surface area contributed by atoms with Gasteiger partial charge in [0, 0.05) is 92.8 Å². The summed E-state index contributed by atoms with van der Waals surface area (Å²) < 4.78 is 23.0. The first-order chi connectivity index (χ1) is 29.6. The molecule has 1 unspecified atom stereocenters. The molecule has 0 bridgehead atoms. The third-order valence-corrected chi connectivity index (χ3v) is 11.6. The number of benzene rings is 3. The van der Waals surface area contributed by atoms with Gasteiger partial charge >= 0.3 is 0 Å². The van der Waals surface area contributed by atoms with Crippen molar-refractivity contribution >= 4 is 74.8 Å². The number of ether oxygens (including phenoxy) is 4. The van der Waals surface area contributed by atoms with Gasteiger partial charge in [-0.05, 0) is 37.1 Å². The average Bonchev–Trinajstić information content (AvgIpc) is 3.60. The number of imide groups is 1. The molecule has 2 saturated heterocycles. The third kappa shape index (κ3) is 9.87. The van der Waals surface area contributed by atoms with Gasteiger partial charge in [0.15, 0.2) is 11.5 Å². The standard InChI is InChI=1S/C43H46Cl2N8O8/c1-58-36-22-34(30(44)20-31(36)45)49-41-26(23-46)24-48-33-21-38(37(59-2)19-28(33)41)61-16-4-11-51-12-14-52(15-13-51)40(55)9-17-60-18-10-47-32-6-3-5-27-29(32)25-53(43(27)57)35-7-8-39(54)50-42(35)56/h3,5-6,19-22,24,35,47H,4,7-18,25H2,1-2H3,(H,48,49)(H,50,54,56). The van der Waals surface area contributed by atoms with E-state index in [4.69, 9.17) is 42.1 Å². The number of nitrogens with one attached hydrogen (secondary N) is 3. The van der Waals surface area contributed by atoms with E-state index in [-0.39, 0.29) is 37.1 Å². The van der Waals surface area contributed by atoms with Crippen LogP contribution in [0.2, 0.25) is 10.0 Å². The minimum Gasteiger partial charge on any atom is -0.495 e. The van der Waals surface area contributed by atoms with E-state index in [1.165, 1.54) is 18.2 Å². The Morgan fingerprint density at radius 1 is 0.967 bits per heavy atom.